The van der Waals surface area contributed by atoms with Crippen LogP contribution in [0.2, 0.25) is 0 Å². The van der Waals surface area contributed by atoms with Gasteiger partial charge in [0.15, 0.2) is 6.29 Å². The lowest BCUT2D eigenvalue weighted by atomic mass is 9.80. The third kappa shape index (κ3) is 4.06. The van der Waals surface area contributed by atoms with Crippen molar-refractivity contribution >= 4 is 0 Å². The van der Waals surface area contributed by atoms with Gasteiger partial charge in [-0.15, -0.1) is 0 Å². The van der Waals surface area contributed by atoms with Crippen LogP contribution in [0.15, 0.2) is 30.3 Å². The molecular formula is C17H17F9O3. The van der Waals surface area contributed by atoms with E-state index in [-0.39, 0.29) is 12.2 Å². The zero-order valence-electron chi connectivity index (χ0n) is 14.8. The number of halogens is 9. The van der Waals surface area contributed by atoms with E-state index in [1.54, 1.807) is 0 Å². The van der Waals surface area contributed by atoms with Gasteiger partial charge in [0.1, 0.15) is 6.10 Å². The number of rotatable bonds is 6. The molecule has 0 aromatic heterocycles. The normalized spacial score (nSPS) is 27.1. The molecule has 1 fully saturated rings. The van der Waals surface area contributed by atoms with Gasteiger partial charge in [-0.05, 0) is 18.9 Å². The van der Waals surface area contributed by atoms with Gasteiger partial charge in [-0.25, -0.2) is 0 Å². The van der Waals surface area contributed by atoms with Crippen LogP contribution in [0.3, 0.4) is 0 Å². The lowest BCUT2D eigenvalue weighted by Crippen LogP contribution is -2.66. The molecule has 3 nitrogen and oxygen atoms in total. The van der Waals surface area contributed by atoms with Crippen molar-refractivity contribution in [2.75, 3.05) is 6.61 Å². The second-order valence-corrected chi connectivity index (χ2v) is 6.46. The molecule has 1 aromatic carbocycles. The summed E-state index contributed by atoms with van der Waals surface area (Å²) in [6, 6.07) is 7.12. The Morgan fingerprint density at radius 3 is 2.00 bits per heavy atom. The Bertz CT molecular complexity index is 678. The molecule has 0 saturated carbocycles. The summed E-state index contributed by atoms with van der Waals surface area (Å²) in [5.41, 5.74) is 0.163. The molecule has 0 bridgehead atoms. The van der Waals surface area contributed by atoms with Gasteiger partial charge in [0.05, 0.1) is 12.0 Å². The number of ether oxygens (including phenoxy) is 2. The smallest absolute Gasteiger partial charge is 0.387 e. The monoisotopic (exact) mass is 440 g/mol. The van der Waals surface area contributed by atoms with E-state index in [2.05, 4.69) is 0 Å². The average Bonchev–Trinajstić information content (AvgIpc) is 2.62. The van der Waals surface area contributed by atoms with Gasteiger partial charge in [-0.3, -0.25) is 0 Å². The topological polar surface area (TPSA) is 38.7 Å². The molecule has 29 heavy (non-hydrogen) atoms. The zero-order chi connectivity index (χ0) is 22.3. The molecule has 0 spiro atoms. The van der Waals surface area contributed by atoms with Crippen LogP contribution in [0.5, 0.6) is 0 Å². The third-order valence-electron chi connectivity index (χ3n) is 4.59. The molecule has 166 valence electrons. The molecule has 12 heteroatoms. The summed E-state index contributed by atoms with van der Waals surface area (Å²) >= 11 is 0. The minimum absolute atomic E-state index is 0.163. The highest BCUT2D eigenvalue weighted by Gasteiger charge is 2.83. The molecule has 0 amide bonds. The van der Waals surface area contributed by atoms with Gasteiger partial charge in [-0.2, -0.15) is 39.5 Å². The van der Waals surface area contributed by atoms with Crippen LogP contribution in [0.25, 0.3) is 0 Å². The Balaban J connectivity index is 2.47. The number of alkyl halides is 9. The fourth-order valence-corrected chi connectivity index (χ4v) is 3.02. The first-order chi connectivity index (χ1) is 13.2. The van der Waals surface area contributed by atoms with Crippen LogP contribution in [0, 0.1) is 5.92 Å². The van der Waals surface area contributed by atoms with Crippen LogP contribution >= 0.6 is 0 Å². The van der Waals surface area contributed by atoms with Crippen molar-refractivity contribution in [3.8, 4) is 0 Å². The van der Waals surface area contributed by atoms with Crippen LogP contribution < -0.4 is 0 Å². The summed E-state index contributed by atoms with van der Waals surface area (Å²) in [6.07, 6.45) is -14.0. The Hall–Kier alpha value is -1.53. The van der Waals surface area contributed by atoms with E-state index in [1.807, 2.05) is 0 Å². The highest BCUT2D eigenvalue weighted by Crippen LogP contribution is 2.58. The highest BCUT2D eigenvalue weighted by molar-refractivity contribution is 5.19. The first-order valence-corrected chi connectivity index (χ1v) is 8.38. The fourth-order valence-electron chi connectivity index (χ4n) is 3.02. The maximum Gasteiger partial charge on any atom is 0.460 e. The third-order valence-corrected chi connectivity index (χ3v) is 4.59. The van der Waals surface area contributed by atoms with E-state index in [4.69, 9.17) is 9.47 Å². The molecule has 4 atom stereocenters. The van der Waals surface area contributed by atoms with E-state index in [1.165, 1.54) is 37.3 Å². The van der Waals surface area contributed by atoms with Crippen LogP contribution in [-0.4, -0.2) is 48.1 Å². The van der Waals surface area contributed by atoms with Crippen molar-refractivity contribution < 1.29 is 54.1 Å². The van der Waals surface area contributed by atoms with E-state index < -0.39 is 54.8 Å². The van der Waals surface area contributed by atoms with Crippen molar-refractivity contribution in [2.24, 2.45) is 5.92 Å². The largest absolute Gasteiger partial charge is 0.460 e. The summed E-state index contributed by atoms with van der Waals surface area (Å²) in [5.74, 6) is -22.8. The maximum absolute atomic E-state index is 14.5. The first-order valence-electron chi connectivity index (χ1n) is 8.38. The summed E-state index contributed by atoms with van der Waals surface area (Å²) in [5, 5.41) is 10.0. The van der Waals surface area contributed by atoms with Crippen molar-refractivity contribution in [2.45, 2.75) is 55.8 Å². The fraction of sp³-hybridized carbons (Fsp3) is 0.647. The minimum atomic E-state index is -7.04. The molecule has 1 aromatic rings. The van der Waals surface area contributed by atoms with Crippen molar-refractivity contribution in [3.63, 3.8) is 0 Å². The van der Waals surface area contributed by atoms with Crippen molar-refractivity contribution in [3.05, 3.63) is 35.9 Å². The second-order valence-electron chi connectivity index (χ2n) is 6.46. The van der Waals surface area contributed by atoms with Gasteiger partial charge in [0.25, 0.3) is 0 Å². The molecule has 1 aliphatic rings. The highest BCUT2D eigenvalue weighted by atomic mass is 19.4. The maximum atomic E-state index is 14.5. The molecule has 0 radical (unpaired) electrons. The molecule has 0 unspecified atom stereocenters. The van der Waals surface area contributed by atoms with E-state index in [9.17, 15) is 44.6 Å². The van der Waals surface area contributed by atoms with Crippen molar-refractivity contribution in [1.82, 2.24) is 0 Å². The van der Waals surface area contributed by atoms with E-state index in [0.29, 0.717) is 0 Å². The van der Waals surface area contributed by atoms with Gasteiger partial charge in [0.2, 0.25) is 0 Å². The van der Waals surface area contributed by atoms with Gasteiger partial charge in [0, 0.05) is 6.61 Å². The number of hydrogen-bond acceptors (Lipinski definition) is 3. The molecule has 0 aliphatic carbocycles. The lowest BCUT2D eigenvalue weighted by molar-refractivity contribution is -0.413. The molecule has 1 heterocycles. The minimum Gasteiger partial charge on any atom is -0.387 e. The second kappa shape index (κ2) is 7.95. The summed E-state index contributed by atoms with van der Waals surface area (Å²) in [6.45, 7) is 1.11. The van der Waals surface area contributed by atoms with Crippen LogP contribution in [0.1, 0.15) is 25.0 Å². The van der Waals surface area contributed by atoms with Crippen LogP contribution in [0.4, 0.5) is 39.5 Å². The van der Waals surface area contributed by atoms with Gasteiger partial charge >= 0.3 is 23.9 Å². The number of benzene rings is 1. The van der Waals surface area contributed by atoms with E-state index >= 15 is 0 Å². The average molecular weight is 440 g/mol. The van der Waals surface area contributed by atoms with Gasteiger partial charge < -0.3 is 14.6 Å². The predicted molar refractivity (Wildman–Crippen MR) is 80.7 cm³/mol. The summed E-state index contributed by atoms with van der Waals surface area (Å²) < 4.78 is 130. The number of aliphatic hydroxyl groups excluding tert-OH is 1. The quantitative estimate of drug-likeness (QED) is 0.636. The van der Waals surface area contributed by atoms with E-state index in [0.717, 1.165) is 0 Å². The number of aliphatic hydroxyl groups is 1. The molecular weight excluding hydrogens is 423 g/mol. The molecule has 1 saturated heterocycles. The summed E-state index contributed by atoms with van der Waals surface area (Å²) in [4.78, 5) is 0. The first kappa shape index (κ1) is 23.7. The standard InChI is InChI=1S/C17H17F9O3/c1-2-28-13-12(27)10(8-11(29-13)9-6-4-3-5-7-9)14(18,19)15(20,21)16(22,23)17(24,25)26/h3-7,10-13,27H,2,8H2,1H3/t10-,11-,12-,13+/m0/s1. The van der Waals surface area contributed by atoms with Crippen LogP contribution in [-0.2, 0) is 9.47 Å². The molecule has 1 aliphatic heterocycles. The molecule has 1 N–H and O–H groups in total. The predicted octanol–water partition coefficient (Wildman–Crippen LogP) is 4.96. The summed E-state index contributed by atoms with van der Waals surface area (Å²) in [7, 11) is 0. The Morgan fingerprint density at radius 2 is 1.52 bits per heavy atom. The SMILES string of the molecule is CCO[C@@H]1O[C@H](c2ccccc2)C[C@H](C(F)(F)C(F)(F)C(F)(F)C(F)(F)F)[C@@H]1O. The van der Waals surface area contributed by atoms with Gasteiger partial charge in [-0.1, -0.05) is 30.3 Å². The zero-order valence-corrected chi connectivity index (χ0v) is 14.8. The number of hydrogen-bond donors (Lipinski definition) is 1. The Morgan fingerprint density at radius 1 is 0.966 bits per heavy atom. The Labute approximate surface area is 159 Å². The Kier molecular flexibility index (Phi) is 6.51. The lowest BCUT2D eigenvalue weighted by Gasteiger charge is -2.45. The molecule has 2 rings (SSSR count). The van der Waals surface area contributed by atoms with Crippen molar-refractivity contribution in [1.29, 1.82) is 0 Å².